The van der Waals surface area contributed by atoms with E-state index in [1.807, 2.05) is 10.4 Å². The summed E-state index contributed by atoms with van der Waals surface area (Å²) < 4.78 is 13.0. The maximum absolute atomic E-state index is 13.0. The Morgan fingerprint density at radius 2 is 2.05 bits per heavy atom. The van der Waals surface area contributed by atoms with Crippen LogP contribution in [0.4, 0.5) is 9.18 Å². The molecule has 8 heteroatoms. The Balaban J connectivity index is 1.56. The highest BCUT2D eigenvalue weighted by Crippen LogP contribution is 2.29. The molecule has 3 rings (SSSR count). The number of hydrogen-bond acceptors (Lipinski definition) is 5. The topological polar surface area (TPSA) is 64.7 Å². The number of hydrazine groups is 1. The number of rotatable bonds is 5. The monoisotopic (exact) mass is 322 g/mol. The molecular weight excluding hydrogens is 307 g/mol. The van der Waals surface area contributed by atoms with Gasteiger partial charge in [-0.25, -0.2) is 14.6 Å². The largest absolute Gasteiger partial charge is 0.329 e. The van der Waals surface area contributed by atoms with Gasteiger partial charge in [0.05, 0.1) is 18.1 Å². The minimum absolute atomic E-state index is 0.0686. The first-order valence-electron chi connectivity index (χ1n) is 6.82. The lowest BCUT2D eigenvalue weighted by molar-refractivity contribution is -0.124. The van der Waals surface area contributed by atoms with E-state index >= 15 is 0 Å². The van der Waals surface area contributed by atoms with Crippen LogP contribution >= 0.6 is 11.8 Å². The van der Waals surface area contributed by atoms with Crippen LogP contribution in [-0.4, -0.2) is 47.4 Å². The summed E-state index contributed by atoms with van der Waals surface area (Å²) in [7, 11) is 0. The summed E-state index contributed by atoms with van der Waals surface area (Å²) in [5.41, 5.74) is 5.05. The Morgan fingerprint density at radius 1 is 1.27 bits per heavy atom. The lowest BCUT2D eigenvalue weighted by Crippen LogP contribution is -2.42. The van der Waals surface area contributed by atoms with Gasteiger partial charge in [-0.1, -0.05) is 0 Å². The number of benzene rings is 1. The van der Waals surface area contributed by atoms with E-state index in [1.54, 1.807) is 23.9 Å². The van der Waals surface area contributed by atoms with E-state index in [0.29, 0.717) is 19.0 Å². The van der Waals surface area contributed by atoms with Crippen LogP contribution in [0.3, 0.4) is 0 Å². The highest BCUT2D eigenvalue weighted by Gasteiger charge is 2.28. The van der Waals surface area contributed by atoms with Crippen molar-refractivity contribution in [1.82, 2.24) is 20.7 Å². The molecule has 0 atom stereocenters. The number of amides is 3. The number of imide groups is 1. The molecule has 0 bridgehead atoms. The Kier molecular flexibility index (Phi) is 4.30. The molecule has 1 aromatic carbocycles. The van der Waals surface area contributed by atoms with E-state index in [4.69, 9.17) is 0 Å². The second kappa shape index (κ2) is 6.37. The van der Waals surface area contributed by atoms with Gasteiger partial charge in [-0.2, -0.15) is 0 Å². The Bertz CT molecular complexity index is 604. The summed E-state index contributed by atoms with van der Waals surface area (Å²) >= 11 is 1.62. The maximum Gasteiger partial charge on any atom is 0.324 e. The zero-order chi connectivity index (χ0) is 15.5. The molecule has 6 nitrogen and oxygen atoms in total. The zero-order valence-electron chi connectivity index (χ0n) is 11.7. The van der Waals surface area contributed by atoms with Crippen molar-refractivity contribution in [1.29, 1.82) is 0 Å². The number of halogens is 1. The van der Waals surface area contributed by atoms with Gasteiger partial charge < -0.3 is 5.32 Å². The van der Waals surface area contributed by atoms with Gasteiger partial charge in [-0.05, 0) is 35.2 Å². The molecule has 0 aromatic heterocycles. The van der Waals surface area contributed by atoms with Crippen molar-refractivity contribution in [3.05, 3.63) is 41.1 Å². The third kappa shape index (κ3) is 3.07. The fraction of sp³-hybridized carbons (Fsp3) is 0.286. The molecule has 116 valence electrons. The first-order valence-corrected chi connectivity index (χ1v) is 7.87. The molecule has 3 amide bonds. The first-order chi connectivity index (χ1) is 10.6. The molecule has 0 aliphatic carbocycles. The Morgan fingerprint density at radius 3 is 2.73 bits per heavy atom. The summed E-state index contributed by atoms with van der Waals surface area (Å²) in [6.45, 7) is 0.833. The van der Waals surface area contributed by atoms with Crippen molar-refractivity contribution in [3.63, 3.8) is 0 Å². The van der Waals surface area contributed by atoms with Gasteiger partial charge >= 0.3 is 6.03 Å². The van der Waals surface area contributed by atoms with Crippen LogP contribution in [0.1, 0.15) is 5.56 Å². The van der Waals surface area contributed by atoms with Crippen molar-refractivity contribution in [3.8, 4) is 0 Å². The van der Waals surface area contributed by atoms with Crippen molar-refractivity contribution in [2.24, 2.45) is 0 Å². The third-order valence-electron chi connectivity index (χ3n) is 3.40. The molecule has 2 aliphatic rings. The van der Waals surface area contributed by atoms with Crippen molar-refractivity contribution in [2.45, 2.75) is 0 Å². The highest BCUT2D eigenvalue weighted by molar-refractivity contribution is 8.02. The van der Waals surface area contributed by atoms with Gasteiger partial charge in [0.1, 0.15) is 5.82 Å². The molecular formula is C14H15FN4O2S. The number of hydrogen-bond donors (Lipinski definition) is 2. The van der Waals surface area contributed by atoms with Crippen LogP contribution in [0.5, 0.6) is 0 Å². The number of carbonyl (C=O) groups is 2. The van der Waals surface area contributed by atoms with Crippen molar-refractivity contribution >= 4 is 29.4 Å². The number of thioether (sulfide) groups is 1. The lowest BCUT2D eigenvalue weighted by Gasteiger charge is -2.24. The second-order valence-corrected chi connectivity index (χ2v) is 5.67. The SMILES string of the molecule is O=C1CNC(=O)N1CCNN1CSC=C1c1ccc(F)cc1. The van der Waals surface area contributed by atoms with Crippen molar-refractivity contribution in [2.75, 3.05) is 25.5 Å². The normalized spacial score (nSPS) is 18.0. The number of urea groups is 1. The molecule has 0 saturated carbocycles. The van der Waals surface area contributed by atoms with E-state index in [0.717, 1.165) is 11.3 Å². The minimum Gasteiger partial charge on any atom is -0.329 e. The van der Waals surface area contributed by atoms with Crippen LogP contribution in [0, 0.1) is 5.82 Å². The van der Waals surface area contributed by atoms with Gasteiger partial charge in [-0.15, -0.1) is 11.8 Å². The van der Waals surface area contributed by atoms with Crippen LogP contribution < -0.4 is 10.7 Å². The smallest absolute Gasteiger partial charge is 0.324 e. The van der Waals surface area contributed by atoms with Crippen molar-refractivity contribution < 1.29 is 14.0 Å². The molecule has 0 radical (unpaired) electrons. The molecule has 2 N–H and O–H groups in total. The van der Waals surface area contributed by atoms with Gasteiger partial charge in [0, 0.05) is 13.1 Å². The Labute approximate surface area is 131 Å². The van der Waals surface area contributed by atoms with Crippen LogP contribution in [0.2, 0.25) is 0 Å². The fourth-order valence-electron chi connectivity index (χ4n) is 2.28. The fourth-order valence-corrected chi connectivity index (χ4v) is 3.15. The molecule has 1 aromatic rings. The van der Waals surface area contributed by atoms with E-state index < -0.39 is 0 Å². The molecule has 1 saturated heterocycles. The first kappa shape index (κ1) is 14.9. The van der Waals surface area contributed by atoms with E-state index in [1.165, 1.54) is 17.0 Å². The zero-order valence-corrected chi connectivity index (χ0v) is 12.5. The van der Waals surface area contributed by atoms with Gasteiger partial charge in [0.15, 0.2) is 0 Å². The third-order valence-corrected chi connectivity index (χ3v) is 4.20. The molecule has 0 unspecified atom stereocenters. The van der Waals surface area contributed by atoms with Crippen LogP contribution in [0.25, 0.3) is 5.70 Å². The average Bonchev–Trinajstić information content (AvgIpc) is 3.09. The van der Waals surface area contributed by atoms with E-state index in [2.05, 4.69) is 10.7 Å². The maximum atomic E-state index is 13.0. The predicted molar refractivity (Wildman–Crippen MR) is 81.8 cm³/mol. The summed E-state index contributed by atoms with van der Waals surface area (Å²) in [6.07, 6.45) is 0. The standard InChI is InChI=1S/C14H15FN4O2S/c15-11-3-1-10(2-4-11)12-8-22-9-19(12)17-5-6-18-13(20)7-16-14(18)21/h1-4,8,17H,5-7,9H2,(H,16,21). The highest BCUT2D eigenvalue weighted by atomic mass is 32.2. The van der Waals surface area contributed by atoms with Gasteiger partial charge in [0.2, 0.25) is 5.91 Å². The summed E-state index contributed by atoms with van der Waals surface area (Å²) in [4.78, 5) is 24.1. The molecule has 0 spiro atoms. The quantitative estimate of drug-likeness (QED) is 0.797. The number of nitrogens with zero attached hydrogens (tertiary/aromatic N) is 2. The van der Waals surface area contributed by atoms with E-state index in [-0.39, 0.29) is 24.3 Å². The van der Waals surface area contributed by atoms with Gasteiger partial charge in [-0.3, -0.25) is 14.7 Å². The summed E-state index contributed by atoms with van der Waals surface area (Å²) in [6, 6.07) is 5.94. The van der Waals surface area contributed by atoms with Crippen LogP contribution in [-0.2, 0) is 4.79 Å². The predicted octanol–water partition coefficient (Wildman–Crippen LogP) is 1.19. The van der Waals surface area contributed by atoms with Crippen LogP contribution in [0.15, 0.2) is 29.7 Å². The second-order valence-electron chi connectivity index (χ2n) is 4.85. The summed E-state index contributed by atoms with van der Waals surface area (Å²) in [5.74, 6) is 0.234. The van der Waals surface area contributed by atoms with Gasteiger partial charge in [0.25, 0.3) is 0 Å². The minimum atomic E-state index is -0.350. The average molecular weight is 322 g/mol. The molecule has 2 aliphatic heterocycles. The molecule has 22 heavy (non-hydrogen) atoms. The molecule has 2 heterocycles. The Hall–Kier alpha value is -2.06. The number of carbonyl (C=O) groups excluding carboxylic acids is 2. The summed E-state index contributed by atoms with van der Waals surface area (Å²) in [5, 5.41) is 6.40. The molecule has 1 fully saturated rings. The lowest BCUT2D eigenvalue weighted by atomic mass is 10.2. The van der Waals surface area contributed by atoms with E-state index in [9.17, 15) is 14.0 Å². The number of nitrogens with one attached hydrogen (secondary N) is 2.